The van der Waals surface area contributed by atoms with Gasteiger partial charge < -0.3 is 0 Å². The average Bonchev–Trinajstić information content (AvgIpc) is 3.34. The maximum Gasteiger partial charge on any atom is 0.215 e. The minimum Gasteiger partial charge on any atom is -0.292 e. The highest BCUT2D eigenvalue weighted by Crippen LogP contribution is 2.33. The summed E-state index contributed by atoms with van der Waals surface area (Å²) in [5, 5.41) is 15.0. The van der Waals surface area contributed by atoms with Gasteiger partial charge in [0.05, 0.1) is 11.4 Å². The number of aromatic nitrogens is 3. The molecule has 0 aliphatic carbocycles. The van der Waals surface area contributed by atoms with E-state index in [4.69, 9.17) is 9.98 Å². The zero-order valence-electron chi connectivity index (χ0n) is 19.7. The number of nitrogens with zero attached hydrogens (tertiary/aromatic N) is 5. The summed E-state index contributed by atoms with van der Waals surface area (Å²) in [5.74, 6) is 0.121. The molecule has 0 aliphatic rings. The van der Waals surface area contributed by atoms with Crippen LogP contribution >= 0.6 is 11.3 Å². The van der Waals surface area contributed by atoms with E-state index in [0.717, 1.165) is 27.9 Å². The fourth-order valence-electron chi connectivity index (χ4n) is 3.77. The predicted molar refractivity (Wildman–Crippen MR) is 141 cm³/mol. The number of carbonyl (C=O) groups is 1. The number of Topliss-reactive ketones (excluding diaryl/α,β-unsaturated/α-hetero) is 1. The van der Waals surface area contributed by atoms with E-state index in [9.17, 15) is 10.1 Å². The summed E-state index contributed by atoms with van der Waals surface area (Å²) in [7, 11) is 0. The first-order chi connectivity index (χ1) is 17.5. The van der Waals surface area contributed by atoms with Gasteiger partial charge in [-0.1, -0.05) is 89.7 Å². The van der Waals surface area contributed by atoms with Gasteiger partial charge in [0, 0.05) is 18.1 Å². The molecule has 174 valence electrons. The van der Waals surface area contributed by atoms with Crippen LogP contribution in [0.5, 0.6) is 0 Å². The number of hydrogen-bond donors (Lipinski definition) is 0. The third-order valence-corrected chi connectivity index (χ3v) is 6.62. The predicted octanol–water partition coefficient (Wildman–Crippen LogP) is 6.28. The van der Waals surface area contributed by atoms with Gasteiger partial charge in [-0.3, -0.25) is 4.79 Å². The van der Waals surface area contributed by atoms with Crippen LogP contribution in [0.3, 0.4) is 0 Å². The highest BCUT2D eigenvalue weighted by molar-refractivity contribution is 7.11. The molecule has 0 atom stereocenters. The number of benzene rings is 3. The lowest BCUT2D eigenvalue weighted by molar-refractivity contribution is 0.101. The molecule has 0 radical (unpaired) electrons. The summed E-state index contributed by atoms with van der Waals surface area (Å²) in [5.41, 5.74) is 5.48. The van der Waals surface area contributed by atoms with Crippen LogP contribution in [-0.2, 0) is 0 Å². The van der Waals surface area contributed by atoms with Crippen LogP contribution in [0.2, 0.25) is 0 Å². The third kappa shape index (κ3) is 4.63. The Labute approximate surface area is 212 Å². The summed E-state index contributed by atoms with van der Waals surface area (Å²) in [4.78, 5) is 22.2. The zero-order chi connectivity index (χ0) is 25.1. The lowest BCUT2D eigenvalue weighted by atomic mass is 9.98. The van der Waals surface area contributed by atoms with Crippen molar-refractivity contribution in [2.24, 2.45) is 4.99 Å². The second-order valence-electron chi connectivity index (χ2n) is 8.20. The van der Waals surface area contributed by atoms with E-state index in [1.165, 1.54) is 18.3 Å². The van der Waals surface area contributed by atoms with Crippen molar-refractivity contribution >= 4 is 22.9 Å². The summed E-state index contributed by atoms with van der Waals surface area (Å²) in [6, 6.07) is 31.5. The van der Waals surface area contributed by atoms with Crippen LogP contribution in [0.4, 0.5) is 5.82 Å². The van der Waals surface area contributed by atoms with Crippen molar-refractivity contribution in [1.29, 1.82) is 5.26 Å². The summed E-state index contributed by atoms with van der Waals surface area (Å²) >= 11 is 1.17. The van der Waals surface area contributed by atoms with E-state index in [-0.39, 0.29) is 11.6 Å². The number of aryl methyl sites for hydroxylation is 1. The highest BCUT2D eigenvalue weighted by atomic mass is 32.1. The molecule has 0 aliphatic heterocycles. The molecule has 3 aromatic carbocycles. The van der Waals surface area contributed by atoms with Gasteiger partial charge in [-0.05, 0) is 30.7 Å². The van der Waals surface area contributed by atoms with E-state index in [2.05, 4.69) is 11.2 Å². The lowest BCUT2D eigenvalue weighted by Gasteiger charge is -2.10. The van der Waals surface area contributed by atoms with E-state index in [0.29, 0.717) is 21.1 Å². The second-order valence-corrected chi connectivity index (χ2v) is 9.16. The Balaban J connectivity index is 1.80. The topological polar surface area (TPSA) is 83.9 Å². The molecular formula is C29H21N5OS. The largest absolute Gasteiger partial charge is 0.292 e. The van der Waals surface area contributed by atoms with Crippen molar-refractivity contribution in [2.75, 3.05) is 0 Å². The standard InChI is InChI=1S/C29H21N5OS/c1-19-13-15-23(16-14-19)34-29(36-28(33-34)20(2)35)32-27-25(18-30)24(21-9-5-3-6-10-21)17-26(31-27)22-11-7-4-8-12-22/h3-17H,1-2H3/b32-29-. The van der Waals surface area contributed by atoms with Crippen molar-refractivity contribution in [2.45, 2.75) is 13.8 Å². The molecule has 36 heavy (non-hydrogen) atoms. The van der Waals surface area contributed by atoms with E-state index >= 15 is 0 Å². The van der Waals surface area contributed by atoms with Gasteiger partial charge >= 0.3 is 0 Å². The quantitative estimate of drug-likeness (QED) is 0.273. The summed E-state index contributed by atoms with van der Waals surface area (Å²) in [6.07, 6.45) is 0. The molecule has 2 heterocycles. The van der Waals surface area contributed by atoms with E-state index in [1.54, 1.807) is 4.68 Å². The Kier molecular flexibility index (Phi) is 6.35. The van der Waals surface area contributed by atoms with E-state index < -0.39 is 0 Å². The van der Waals surface area contributed by atoms with Crippen LogP contribution in [-0.4, -0.2) is 20.5 Å². The van der Waals surface area contributed by atoms with Crippen molar-refractivity contribution in [3.05, 3.63) is 112 Å². The van der Waals surface area contributed by atoms with Crippen LogP contribution in [0.25, 0.3) is 28.1 Å². The minimum absolute atomic E-state index is 0.154. The first-order valence-corrected chi connectivity index (χ1v) is 12.1. The van der Waals surface area contributed by atoms with Crippen LogP contribution in [0.15, 0.2) is 96.0 Å². The van der Waals surface area contributed by atoms with Gasteiger partial charge in [-0.15, -0.1) is 0 Å². The molecule has 0 unspecified atom stereocenters. The SMILES string of the molecule is CC(=O)c1nn(-c2ccc(C)cc2)/c(=N/c2nc(-c3ccccc3)cc(-c3ccccc3)c2C#N)s1. The van der Waals surface area contributed by atoms with Gasteiger partial charge in [0.1, 0.15) is 11.6 Å². The molecule has 5 rings (SSSR count). The van der Waals surface area contributed by atoms with Crippen molar-refractivity contribution in [3.63, 3.8) is 0 Å². The van der Waals surface area contributed by atoms with Gasteiger partial charge in [0.2, 0.25) is 4.80 Å². The van der Waals surface area contributed by atoms with E-state index in [1.807, 2.05) is 97.9 Å². The third-order valence-electron chi connectivity index (χ3n) is 5.61. The van der Waals surface area contributed by atoms with Crippen LogP contribution in [0.1, 0.15) is 27.9 Å². The second kappa shape index (κ2) is 9.90. The van der Waals surface area contributed by atoms with Crippen LogP contribution < -0.4 is 4.80 Å². The maximum absolute atomic E-state index is 12.2. The van der Waals surface area contributed by atoms with Gasteiger partial charge in [-0.2, -0.15) is 15.4 Å². The van der Waals surface area contributed by atoms with Gasteiger partial charge in [0.15, 0.2) is 16.6 Å². The number of hydrogen-bond acceptors (Lipinski definition) is 6. The molecule has 2 aromatic heterocycles. The van der Waals surface area contributed by atoms with Crippen molar-refractivity contribution in [3.8, 4) is 34.1 Å². The minimum atomic E-state index is -0.154. The molecule has 7 heteroatoms. The van der Waals surface area contributed by atoms with Crippen molar-refractivity contribution in [1.82, 2.24) is 14.8 Å². The lowest BCUT2D eigenvalue weighted by Crippen LogP contribution is -2.14. The summed E-state index contributed by atoms with van der Waals surface area (Å²) < 4.78 is 1.63. The molecule has 0 amide bonds. The monoisotopic (exact) mass is 487 g/mol. The maximum atomic E-state index is 12.2. The van der Waals surface area contributed by atoms with Crippen molar-refractivity contribution < 1.29 is 4.79 Å². The average molecular weight is 488 g/mol. The molecule has 0 fully saturated rings. The molecule has 5 aromatic rings. The molecule has 0 N–H and O–H groups in total. The molecule has 6 nitrogen and oxygen atoms in total. The molecular weight excluding hydrogens is 466 g/mol. The Bertz CT molecular complexity index is 1660. The van der Waals surface area contributed by atoms with Gasteiger partial charge in [0.25, 0.3) is 0 Å². The Morgan fingerprint density at radius 1 is 0.944 bits per heavy atom. The number of rotatable bonds is 5. The number of carbonyl (C=O) groups excluding carboxylic acids is 1. The fraction of sp³-hybridized carbons (Fsp3) is 0.0690. The molecule has 0 saturated heterocycles. The smallest absolute Gasteiger partial charge is 0.215 e. The first kappa shape index (κ1) is 23.1. The number of ketones is 1. The number of pyridine rings is 1. The number of nitriles is 1. The molecule has 0 bridgehead atoms. The molecule has 0 saturated carbocycles. The Morgan fingerprint density at radius 2 is 1.58 bits per heavy atom. The Morgan fingerprint density at radius 3 is 2.19 bits per heavy atom. The Hall–Kier alpha value is -4.67. The highest BCUT2D eigenvalue weighted by Gasteiger charge is 2.17. The fourth-order valence-corrected chi connectivity index (χ4v) is 4.57. The molecule has 0 spiro atoms. The zero-order valence-corrected chi connectivity index (χ0v) is 20.5. The van der Waals surface area contributed by atoms with Crippen LogP contribution in [0, 0.1) is 18.3 Å². The summed E-state index contributed by atoms with van der Waals surface area (Å²) in [6.45, 7) is 3.48. The first-order valence-electron chi connectivity index (χ1n) is 11.3. The normalized spacial score (nSPS) is 11.3. The van der Waals surface area contributed by atoms with Gasteiger partial charge in [-0.25, -0.2) is 9.67 Å².